The van der Waals surface area contributed by atoms with Gasteiger partial charge in [0.15, 0.2) is 0 Å². The average Bonchev–Trinajstić information content (AvgIpc) is 3.02. The highest BCUT2D eigenvalue weighted by Gasteiger charge is 2.54. The minimum atomic E-state index is 0.245. The second kappa shape index (κ2) is 11.4. The standard InChI is InChI=1S/C28H46O/c1-7-9-10-15-23(12-8-2)20-24-18-19-28(6)25(16-17-26(28)27(24)29)22(5)14-11-13-21(3)4/h2,9-10,21-26H,7,11-20H2,1,3-6H3/t22-,23?,24?,25-,26?,28-/m1/s1. The summed E-state index contributed by atoms with van der Waals surface area (Å²) in [6, 6.07) is 0. The van der Waals surface area contributed by atoms with Crippen LogP contribution in [0.15, 0.2) is 12.2 Å². The van der Waals surface area contributed by atoms with Gasteiger partial charge >= 0.3 is 0 Å². The normalized spacial score (nSPS) is 31.8. The first-order valence-corrected chi connectivity index (χ1v) is 12.5. The maximum atomic E-state index is 13.5. The van der Waals surface area contributed by atoms with E-state index in [1.165, 1.54) is 32.1 Å². The van der Waals surface area contributed by atoms with Crippen molar-refractivity contribution >= 4 is 5.78 Å². The number of carbonyl (C=O) groups is 1. The van der Waals surface area contributed by atoms with E-state index in [0.29, 0.717) is 17.6 Å². The molecule has 2 aliphatic rings. The van der Waals surface area contributed by atoms with Gasteiger partial charge in [-0.15, -0.1) is 12.3 Å². The lowest BCUT2D eigenvalue weighted by molar-refractivity contribution is -0.136. The molecule has 0 saturated heterocycles. The Balaban J connectivity index is 1.98. The Morgan fingerprint density at radius 2 is 1.93 bits per heavy atom. The molecule has 0 aromatic rings. The highest BCUT2D eigenvalue weighted by molar-refractivity contribution is 5.85. The van der Waals surface area contributed by atoms with Gasteiger partial charge < -0.3 is 0 Å². The third kappa shape index (κ3) is 6.23. The maximum absolute atomic E-state index is 13.5. The maximum Gasteiger partial charge on any atom is 0.139 e. The van der Waals surface area contributed by atoms with Gasteiger partial charge in [-0.1, -0.05) is 66.0 Å². The fraction of sp³-hybridized carbons (Fsp3) is 0.821. The van der Waals surface area contributed by atoms with Gasteiger partial charge in [-0.05, 0) is 74.0 Å². The molecule has 1 heteroatoms. The number of terminal acetylenes is 1. The summed E-state index contributed by atoms with van der Waals surface area (Å²) in [6.45, 7) is 11.7. The van der Waals surface area contributed by atoms with E-state index in [1.54, 1.807) is 0 Å². The van der Waals surface area contributed by atoms with E-state index in [1.807, 2.05) is 0 Å². The lowest BCUT2D eigenvalue weighted by Gasteiger charge is -2.45. The molecular weight excluding hydrogens is 352 g/mol. The summed E-state index contributed by atoms with van der Waals surface area (Å²) >= 11 is 0. The van der Waals surface area contributed by atoms with E-state index in [-0.39, 0.29) is 11.3 Å². The molecule has 2 rings (SSSR count). The Morgan fingerprint density at radius 3 is 2.59 bits per heavy atom. The van der Waals surface area contributed by atoms with Crippen LogP contribution in [0.5, 0.6) is 0 Å². The number of ketones is 1. The second-order valence-corrected chi connectivity index (χ2v) is 10.8. The summed E-state index contributed by atoms with van der Waals surface area (Å²) in [5, 5.41) is 0. The van der Waals surface area contributed by atoms with Crippen molar-refractivity contribution in [1.82, 2.24) is 0 Å². The topological polar surface area (TPSA) is 17.1 Å². The van der Waals surface area contributed by atoms with Gasteiger partial charge in [-0.25, -0.2) is 0 Å². The number of hydrogen-bond donors (Lipinski definition) is 0. The molecule has 2 fully saturated rings. The van der Waals surface area contributed by atoms with Crippen LogP contribution in [0.2, 0.25) is 0 Å². The van der Waals surface area contributed by atoms with Crippen LogP contribution in [0.3, 0.4) is 0 Å². The highest BCUT2D eigenvalue weighted by atomic mass is 16.1. The molecule has 2 saturated carbocycles. The Morgan fingerprint density at radius 1 is 1.17 bits per heavy atom. The lowest BCUT2D eigenvalue weighted by atomic mass is 9.58. The Kier molecular flexibility index (Phi) is 9.52. The summed E-state index contributed by atoms with van der Waals surface area (Å²) in [7, 11) is 0. The first kappa shape index (κ1) is 24.2. The van der Waals surface area contributed by atoms with Gasteiger partial charge in [0.2, 0.25) is 0 Å². The quantitative estimate of drug-likeness (QED) is 0.256. The van der Waals surface area contributed by atoms with Crippen molar-refractivity contribution in [2.75, 3.05) is 0 Å². The van der Waals surface area contributed by atoms with Gasteiger partial charge in [-0.2, -0.15) is 0 Å². The van der Waals surface area contributed by atoms with Crippen molar-refractivity contribution in [3.8, 4) is 12.3 Å². The van der Waals surface area contributed by atoms with E-state index in [9.17, 15) is 4.79 Å². The second-order valence-electron chi connectivity index (χ2n) is 10.8. The van der Waals surface area contributed by atoms with Crippen LogP contribution in [-0.2, 0) is 4.79 Å². The van der Waals surface area contributed by atoms with Crippen molar-refractivity contribution in [3.05, 3.63) is 12.2 Å². The van der Waals surface area contributed by atoms with E-state index >= 15 is 0 Å². The molecule has 0 radical (unpaired) electrons. The average molecular weight is 399 g/mol. The Hall–Kier alpha value is -1.03. The third-order valence-corrected chi connectivity index (χ3v) is 8.21. The summed E-state index contributed by atoms with van der Waals surface area (Å²) in [6.07, 6.45) is 22.7. The zero-order valence-electron chi connectivity index (χ0n) is 19.9. The lowest BCUT2D eigenvalue weighted by Crippen LogP contribution is -2.43. The smallest absolute Gasteiger partial charge is 0.139 e. The molecule has 29 heavy (non-hydrogen) atoms. The SMILES string of the molecule is C#CCC(CC=CCC)CC1CC[C@@]2(C)C(CC[C@@H]2[C@H](C)CCCC(C)C)C1=O. The number of allylic oxidation sites excluding steroid dienone is 2. The molecule has 0 amide bonds. The zero-order valence-corrected chi connectivity index (χ0v) is 19.9. The van der Waals surface area contributed by atoms with Crippen molar-refractivity contribution in [2.45, 2.75) is 105 Å². The number of Topliss-reactive ketones (excluding diaryl/α,β-unsaturated/α-hetero) is 1. The van der Waals surface area contributed by atoms with E-state index in [4.69, 9.17) is 6.42 Å². The predicted octanol–water partition coefficient (Wildman–Crippen LogP) is 7.85. The van der Waals surface area contributed by atoms with Crippen LogP contribution in [0.4, 0.5) is 0 Å². The molecule has 0 N–H and O–H groups in total. The monoisotopic (exact) mass is 398 g/mol. The number of hydrogen-bond acceptors (Lipinski definition) is 1. The molecule has 0 aromatic heterocycles. The Labute approximate surface area is 181 Å². The van der Waals surface area contributed by atoms with E-state index < -0.39 is 0 Å². The molecule has 0 bridgehead atoms. The van der Waals surface area contributed by atoms with Crippen LogP contribution in [-0.4, -0.2) is 5.78 Å². The van der Waals surface area contributed by atoms with Gasteiger partial charge in [0.25, 0.3) is 0 Å². The molecule has 0 spiro atoms. The van der Waals surface area contributed by atoms with Gasteiger partial charge in [0.05, 0.1) is 0 Å². The van der Waals surface area contributed by atoms with E-state index in [2.05, 4.69) is 52.7 Å². The molecule has 164 valence electrons. The Bertz CT molecular complexity index is 580. The summed E-state index contributed by atoms with van der Waals surface area (Å²) in [5.74, 6) is 6.74. The molecular formula is C28H46O. The number of fused-ring (bicyclic) bond motifs is 1. The molecule has 0 aromatic carbocycles. The zero-order chi connectivity index (χ0) is 21.4. The van der Waals surface area contributed by atoms with Crippen molar-refractivity contribution < 1.29 is 4.79 Å². The van der Waals surface area contributed by atoms with Crippen molar-refractivity contribution in [2.24, 2.45) is 40.9 Å². The fourth-order valence-corrected chi connectivity index (χ4v) is 6.51. The minimum Gasteiger partial charge on any atom is -0.299 e. The van der Waals surface area contributed by atoms with Crippen LogP contribution in [0, 0.1) is 53.3 Å². The predicted molar refractivity (Wildman–Crippen MR) is 126 cm³/mol. The first-order valence-electron chi connectivity index (χ1n) is 12.5. The number of rotatable bonds is 11. The molecule has 2 aliphatic carbocycles. The van der Waals surface area contributed by atoms with Gasteiger partial charge in [-0.3, -0.25) is 4.79 Å². The van der Waals surface area contributed by atoms with Crippen molar-refractivity contribution in [3.63, 3.8) is 0 Å². The van der Waals surface area contributed by atoms with Gasteiger partial charge in [0, 0.05) is 18.3 Å². The summed E-state index contributed by atoms with van der Waals surface area (Å²) in [4.78, 5) is 13.5. The molecule has 0 heterocycles. The fourth-order valence-electron chi connectivity index (χ4n) is 6.51. The van der Waals surface area contributed by atoms with Crippen LogP contribution < -0.4 is 0 Å². The van der Waals surface area contributed by atoms with Crippen molar-refractivity contribution in [1.29, 1.82) is 0 Å². The van der Waals surface area contributed by atoms with Crippen LogP contribution >= 0.6 is 0 Å². The van der Waals surface area contributed by atoms with E-state index in [0.717, 1.165) is 56.3 Å². The molecule has 1 nitrogen and oxygen atoms in total. The summed E-state index contributed by atoms with van der Waals surface area (Å²) < 4.78 is 0. The minimum absolute atomic E-state index is 0.245. The van der Waals surface area contributed by atoms with Gasteiger partial charge in [0.1, 0.15) is 5.78 Å². The molecule has 3 unspecified atom stereocenters. The molecule has 0 aliphatic heterocycles. The molecule has 6 atom stereocenters. The third-order valence-electron chi connectivity index (χ3n) is 8.21. The largest absolute Gasteiger partial charge is 0.299 e. The highest BCUT2D eigenvalue weighted by Crippen LogP contribution is 2.58. The summed E-state index contributed by atoms with van der Waals surface area (Å²) in [5.41, 5.74) is 0.245. The first-order chi connectivity index (χ1) is 13.8. The van der Waals surface area contributed by atoms with Crippen LogP contribution in [0.25, 0.3) is 0 Å². The number of carbonyl (C=O) groups excluding carboxylic acids is 1. The van der Waals surface area contributed by atoms with Crippen LogP contribution in [0.1, 0.15) is 105 Å².